The van der Waals surface area contributed by atoms with Crippen LogP contribution in [-0.2, 0) is 6.42 Å². The first-order chi connectivity index (χ1) is 11.6. The van der Waals surface area contributed by atoms with Gasteiger partial charge in [0.1, 0.15) is 11.2 Å². The molecule has 130 valence electrons. The topological polar surface area (TPSA) is 93.8 Å². The van der Waals surface area contributed by atoms with Crippen molar-refractivity contribution in [1.82, 2.24) is 10.4 Å². The van der Waals surface area contributed by atoms with Crippen molar-refractivity contribution in [1.29, 1.82) is 0 Å². The number of hydrogen-bond donors (Lipinski definition) is 5. The molecule has 4 rings (SSSR count). The van der Waals surface area contributed by atoms with E-state index in [1.165, 1.54) is 21.9 Å². The molecular weight excluding hydrogens is 324 g/mol. The van der Waals surface area contributed by atoms with Crippen LogP contribution in [0.5, 0.6) is 0 Å². The van der Waals surface area contributed by atoms with E-state index in [-0.39, 0.29) is 0 Å². The first-order valence-electron chi connectivity index (χ1n) is 8.49. The van der Waals surface area contributed by atoms with Crippen LogP contribution in [0.25, 0.3) is 0 Å². The molecule has 1 saturated heterocycles. The Balaban J connectivity index is 1.65. The number of nitrogens with zero attached hydrogens (tertiary/aromatic N) is 1. The van der Waals surface area contributed by atoms with E-state index in [9.17, 15) is 10.3 Å². The van der Waals surface area contributed by atoms with Gasteiger partial charge in [-0.15, -0.1) is 11.3 Å². The Bertz CT molecular complexity index is 697. The summed E-state index contributed by atoms with van der Waals surface area (Å²) in [7, 11) is 0. The first kappa shape index (κ1) is 16.1. The molecule has 1 aliphatic heterocycles. The highest BCUT2D eigenvalue weighted by molar-refractivity contribution is 7.16. The number of anilines is 1. The second-order valence-corrected chi connectivity index (χ2v) is 7.94. The summed E-state index contributed by atoms with van der Waals surface area (Å²) < 4.78 is 0. The summed E-state index contributed by atoms with van der Waals surface area (Å²) in [4.78, 5) is 1.23. The van der Waals surface area contributed by atoms with E-state index in [0.29, 0.717) is 28.4 Å². The molecule has 3 aliphatic rings. The number of rotatable bonds is 3. The Hall–Kier alpha value is -1.38. The maximum absolute atomic E-state index is 9.90. The lowest BCUT2D eigenvalue weighted by atomic mass is 9.84. The summed E-state index contributed by atoms with van der Waals surface area (Å²) in [6.45, 7) is 3.17. The van der Waals surface area contributed by atoms with Crippen LogP contribution in [0.1, 0.15) is 47.9 Å². The summed E-state index contributed by atoms with van der Waals surface area (Å²) in [5, 5.41) is 22.2. The third kappa shape index (κ3) is 2.48. The standard InChI is InChI=1S/C17H24N4O2S/c1-9-4-2-3-5-13(9)21-8-11-12(19-21)7-6-10-14(16(18)22)17(20-23)24-15(10)11/h2-3,5,9,11-12,16,19-20,22-23H,4,6-8,18H2,1H3. The van der Waals surface area contributed by atoms with Crippen LogP contribution in [0.4, 0.5) is 5.00 Å². The monoisotopic (exact) mass is 348 g/mol. The van der Waals surface area contributed by atoms with Gasteiger partial charge in [-0.1, -0.05) is 19.1 Å². The summed E-state index contributed by atoms with van der Waals surface area (Å²) in [5.41, 5.74) is 14.7. The summed E-state index contributed by atoms with van der Waals surface area (Å²) in [5.74, 6) is 0.874. The van der Waals surface area contributed by atoms with Crippen molar-refractivity contribution in [3.63, 3.8) is 0 Å². The summed E-state index contributed by atoms with van der Waals surface area (Å²) >= 11 is 1.51. The Kier molecular flexibility index (Phi) is 4.14. The predicted molar refractivity (Wildman–Crippen MR) is 94.6 cm³/mol. The van der Waals surface area contributed by atoms with Gasteiger partial charge in [-0.2, -0.15) is 0 Å². The molecule has 1 aromatic heterocycles. The van der Waals surface area contributed by atoms with Gasteiger partial charge in [0.2, 0.25) is 0 Å². The van der Waals surface area contributed by atoms with Crippen molar-refractivity contribution in [2.45, 2.75) is 44.4 Å². The largest absolute Gasteiger partial charge is 0.374 e. The zero-order valence-electron chi connectivity index (χ0n) is 13.7. The number of hydrazine groups is 1. The van der Waals surface area contributed by atoms with E-state index in [4.69, 9.17) is 5.73 Å². The number of nitrogens with two attached hydrogens (primary N) is 1. The average Bonchev–Trinajstić information content (AvgIpc) is 3.15. The van der Waals surface area contributed by atoms with Gasteiger partial charge in [-0.05, 0) is 30.9 Å². The fourth-order valence-corrected chi connectivity index (χ4v) is 5.56. The minimum Gasteiger partial charge on any atom is -0.374 e. The number of aliphatic hydroxyl groups excluding tert-OH is 1. The van der Waals surface area contributed by atoms with Crippen molar-refractivity contribution in [3.8, 4) is 0 Å². The van der Waals surface area contributed by atoms with E-state index in [2.05, 4.69) is 41.1 Å². The Morgan fingerprint density at radius 1 is 1.50 bits per heavy atom. The van der Waals surface area contributed by atoms with Crippen molar-refractivity contribution in [2.75, 3.05) is 12.0 Å². The maximum atomic E-state index is 9.90. The van der Waals surface area contributed by atoms with E-state index in [1.54, 1.807) is 0 Å². The van der Waals surface area contributed by atoms with Gasteiger partial charge < -0.3 is 15.8 Å². The molecule has 0 aromatic carbocycles. The molecule has 0 amide bonds. The Morgan fingerprint density at radius 2 is 2.33 bits per heavy atom. The number of fused-ring (bicyclic) bond motifs is 3. The van der Waals surface area contributed by atoms with Crippen molar-refractivity contribution in [2.24, 2.45) is 11.7 Å². The molecule has 6 N–H and O–H groups in total. The molecule has 4 unspecified atom stereocenters. The van der Waals surface area contributed by atoms with Gasteiger partial charge in [0, 0.05) is 40.6 Å². The van der Waals surface area contributed by atoms with Gasteiger partial charge >= 0.3 is 0 Å². The minimum absolute atomic E-state index is 0.359. The van der Waals surface area contributed by atoms with Crippen LogP contribution in [0, 0.1) is 5.92 Å². The van der Waals surface area contributed by atoms with Gasteiger partial charge in [0.05, 0.1) is 0 Å². The molecule has 2 aliphatic carbocycles. The fraction of sp³-hybridized carbons (Fsp3) is 0.529. The minimum atomic E-state index is -1.06. The molecule has 0 saturated carbocycles. The molecule has 0 radical (unpaired) electrons. The third-order valence-corrected chi connectivity index (χ3v) is 6.70. The molecule has 0 bridgehead atoms. The van der Waals surface area contributed by atoms with Crippen LogP contribution in [0.15, 0.2) is 23.9 Å². The molecule has 7 heteroatoms. The first-order valence-corrected chi connectivity index (χ1v) is 9.31. The lowest BCUT2D eigenvalue weighted by Gasteiger charge is -2.28. The zero-order chi connectivity index (χ0) is 16.8. The van der Waals surface area contributed by atoms with E-state index in [0.717, 1.165) is 31.4 Å². The quantitative estimate of drug-likeness (QED) is 0.425. The second kappa shape index (κ2) is 6.16. The predicted octanol–water partition coefficient (Wildman–Crippen LogP) is 2.20. The molecule has 6 nitrogen and oxygen atoms in total. The van der Waals surface area contributed by atoms with Crippen LogP contribution in [0.2, 0.25) is 0 Å². The number of hydrogen-bond acceptors (Lipinski definition) is 7. The molecular formula is C17H24N4O2S. The van der Waals surface area contributed by atoms with Crippen molar-refractivity contribution < 1.29 is 10.3 Å². The number of allylic oxidation sites excluding steroid dienone is 4. The zero-order valence-corrected chi connectivity index (χ0v) is 14.5. The summed E-state index contributed by atoms with van der Waals surface area (Å²) in [6, 6.07) is 0.393. The van der Waals surface area contributed by atoms with Crippen LogP contribution < -0.4 is 16.6 Å². The Labute approximate surface area is 145 Å². The van der Waals surface area contributed by atoms with Gasteiger partial charge in [-0.3, -0.25) is 10.7 Å². The normalized spacial score (nSPS) is 29.9. The fourth-order valence-electron chi connectivity index (χ4n) is 4.22. The van der Waals surface area contributed by atoms with Crippen LogP contribution in [0.3, 0.4) is 0 Å². The molecule has 2 heterocycles. The maximum Gasteiger partial charge on any atom is 0.131 e. The highest BCUT2D eigenvalue weighted by Crippen LogP contribution is 2.47. The molecule has 24 heavy (non-hydrogen) atoms. The number of aliphatic hydroxyl groups is 1. The lowest BCUT2D eigenvalue weighted by molar-refractivity contribution is 0.185. The highest BCUT2D eigenvalue weighted by atomic mass is 32.1. The van der Waals surface area contributed by atoms with Gasteiger partial charge in [0.15, 0.2) is 0 Å². The summed E-state index contributed by atoms with van der Waals surface area (Å²) in [6.07, 6.45) is 8.43. The van der Waals surface area contributed by atoms with Crippen LogP contribution >= 0.6 is 11.3 Å². The van der Waals surface area contributed by atoms with Crippen molar-refractivity contribution >= 4 is 16.3 Å². The van der Waals surface area contributed by atoms with E-state index < -0.39 is 6.23 Å². The second-order valence-electron chi connectivity index (χ2n) is 6.89. The van der Waals surface area contributed by atoms with Gasteiger partial charge in [-0.25, -0.2) is 5.43 Å². The Morgan fingerprint density at radius 3 is 3.04 bits per heavy atom. The third-order valence-electron chi connectivity index (χ3n) is 5.41. The smallest absolute Gasteiger partial charge is 0.131 e. The van der Waals surface area contributed by atoms with Crippen molar-refractivity contribution in [3.05, 3.63) is 39.9 Å². The van der Waals surface area contributed by atoms with E-state index >= 15 is 0 Å². The van der Waals surface area contributed by atoms with Crippen LogP contribution in [-0.4, -0.2) is 27.9 Å². The number of thiophene rings is 1. The highest BCUT2D eigenvalue weighted by Gasteiger charge is 2.41. The lowest BCUT2D eigenvalue weighted by Crippen LogP contribution is -2.38. The van der Waals surface area contributed by atoms with E-state index in [1.807, 2.05) is 0 Å². The molecule has 4 atom stereocenters. The average molecular weight is 348 g/mol. The molecule has 0 spiro atoms. The molecule has 1 aromatic rings. The van der Waals surface area contributed by atoms with Gasteiger partial charge in [0.25, 0.3) is 0 Å². The molecule has 1 fully saturated rings. The number of nitrogens with one attached hydrogen (secondary N) is 2. The SMILES string of the molecule is CC1CC=CC=C1N1CC2c3sc(NO)c(C(N)O)c3CCC2N1.